The van der Waals surface area contributed by atoms with Crippen LogP contribution in [0, 0.1) is 5.82 Å². The Hall–Kier alpha value is -2.70. The second kappa shape index (κ2) is 9.48. The molecular formula is C21H17ClFNO3S. The number of hydrogen-bond donors (Lipinski definition) is 1. The van der Waals surface area contributed by atoms with Gasteiger partial charge in [0, 0.05) is 23.6 Å². The molecule has 144 valence electrons. The molecule has 4 nitrogen and oxygen atoms in total. The van der Waals surface area contributed by atoms with Gasteiger partial charge in [-0.15, -0.1) is 22.9 Å². The van der Waals surface area contributed by atoms with Crippen LogP contribution in [0.5, 0.6) is 5.75 Å². The highest BCUT2D eigenvalue weighted by atomic mass is 35.5. The molecule has 3 aromatic rings. The SMILES string of the molecule is O=C(Nc1ccc(OC(CCCl)C(=O)c2ccc(F)cc2)cc1)c1cccs1. The Morgan fingerprint density at radius 1 is 1.07 bits per heavy atom. The van der Waals surface area contributed by atoms with Crippen LogP contribution in [0.15, 0.2) is 66.0 Å². The Bertz CT molecular complexity index is 927. The van der Waals surface area contributed by atoms with Crippen molar-refractivity contribution < 1.29 is 18.7 Å². The van der Waals surface area contributed by atoms with Gasteiger partial charge in [-0.2, -0.15) is 0 Å². The number of ether oxygens (including phenoxy) is 1. The summed E-state index contributed by atoms with van der Waals surface area (Å²) in [4.78, 5) is 25.3. The number of nitrogens with one attached hydrogen (secondary N) is 1. The Kier molecular flexibility index (Phi) is 6.79. The molecule has 1 heterocycles. The van der Waals surface area contributed by atoms with E-state index >= 15 is 0 Å². The summed E-state index contributed by atoms with van der Waals surface area (Å²) < 4.78 is 18.9. The van der Waals surface area contributed by atoms with E-state index in [2.05, 4.69) is 5.32 Å². The first-order chi connectivity index (χ1) is 13.6. The second-order valence-corrected chi connectivity index (χ2v) is 7.24. The van der Waals surface area contributed by atoms with Crippen molar-refractivity contribution in [1.82, 2.24) is 0 Å². The van der Waals surface area contributed by atoms with Gasteiger partial charge >= 0.3 is 0 Å². The van der Waals surface area contributed by atoms with Crippen molar-refractivity contribution in [2.75, 3.05) is 11.2 Å². The maximum Gasteiger partial charge on any atom is 0.265 e. The van der Waals surface area contributed by atoms with Crippen molar-refractivity contribution in [1.29, 1.82) is 0 Å². The predicted molar refractivity (Wildman–Crippen MR) is 109 cm³/mol. The van der Waals surface area contributed by atoms with Crippen LogP contribution in [0.3, 0.4) is 0 Å². The summed E-state index contributed by atoms with van der Waals surface area (Å²) >= 11 is 7.17. The number of hydrogen-bond acceptors (Lipinski definition) is 4. The van der Waals surface area contributed by atoms with E-state index in [0.29, 0.717) is 28.3 Å². The predicted octanol–water partition coefficient (Wildman–Crippen LogP) is 5.40. The Morgan fingerprint density at radius 2 is 1.79 bits per heavy atom. The van der Waals surface area contributed by atoms with E-state index in [1.54, 1.807) is 30.3 Å². The molecule has 1 unspecified atom stereocenters. The highest BCUT2D eigenvalue weighted by Gasteiger charge is 2.21. The molecule has 28 heavy (non-hydrogen) atoms. The zero-order chi connectivity index (χ0) is 19.9. The van der Waals surface area contributed by atoms with Crippen LogP contribution in [0.1, 0.15) is 26.5 Å². The number of halogens is 2. The van der Waals surface area contributed by atoms with Gasteiger partial charge in [0.2, 0.25) is 5.78 Å². The number of anilines is 1. The van der Waals surface area contributed by atoms with E-state index in [0.717, 1.165) is 0 Å². The average Bonchev–Trinajstić information content (AvgIpc) is 3.24. The van der Waals surface area contributed by atoms with Crippen LogP contribution >= 0.6 is 22.9 Å². The minimum absolute atomic E-state index is 0.185. The number of alkyl halides is 1. The molecule has 7 heteroatoms. The van der Waals surface area contributed by atoms with Crippen molar-refractivity contribution in [3.8, 4) is 5.75 Å². The number of thiophene rings is 1. The standard InChI is InChI=1S/C21H17ClFNO3S/c22-12-11-18(20(25)14-3-5-15(23)6-4-14)27-17-9-7-16(8-10-17)24-21(26)19-2-1-13-28-19/h1-10,13,18H,11-12H2,(H,24,26). The molecule has 0 radical (unpaired) electrons. The summed E-state index contributed by atoms with van der Waals surface area (Å²) in [6.07, 6.45) is -0.469. The molecule has 2 aromatic carbocycles. The van der Waals surface area contributed by atoms with Gasteiger partial charge in [-0.05, 0) is 60.0 Å². The third kappa shape index (κ3) is 5.18. The van der Waals surface area contributed by atoms with Crippen LogP contribution in [0.4, 0.5) is 10.1 Å². The monoisotopic (exact) mass is 417 g/mol. The lowest BCUT2D eigenvalue weighted by Gasteiger charge is -2.17. The number of carbonyl (C=O) groups excluding carboxylic acids is 2. The first-order valence-corrected chi connectivity index (χ1v) is 9.95. The molecular weight excluding hydrogens is 401 g/mol. The zero-order valence-corrected chi connectivity index (χ0v) is 16.3. The van der Waals surface area contributed by atoms with Crippen molar-refractivity contribution in [2.45, 2.75) is 12.5 Å². The molecule has 0 saturated heterocycles. The average molecular weight is 418 g/mol. The number of ketones is 1. The molecule has 1 aromatic heterocycles. The molecule has 0 saturated carbocycles. The Balaban J connectivity index is 1.67. The molecule has 0 aliphatic rings. The van der Waals surface area contributed by atoms with E-state index in [4.69, 9.17) is 16.3 Å². The molecule has 1 atom stereocenters. The topological polar surface area (TPSA) is 55.4 Å². The molecule has 3 rings (SSSR count). The van der Waals surface area contributed by atoms with Crippen molar-refractivity contribution in [3.05, 3.63) is 82.3 Å². The summed E-state index contributed by atoms with van der Waals surface area (Å²) in [5.41, 5.74) is 0.973. The van der Waals surface area contributed by atoms with Gasteiger partial charge < -0.3 is 10.1 Å². The van der Waals surface area contributed by atoms with Gasteiger partial charge in [-0.3, -0.25) is 9.59 Å². The number of rotatable bonds is 8. The minimum Gasteiger partial charge on any atom is -0.482 e. The Labute approximate surface area is 170 Å². The maximum absolute atomic E-state index is 13.1. The van der Waals surface area contributed by atoms with Gasteiger partial charge in [0.25, 0.3) is 5.91 Å². The second-order valence-electron chi connectivity index (χ2n) is 5.91. The van der Waals surface area contributed by atoms with Crippen LogP contribution in [-0.2, 0) is 0 Å². The fourth-order valence-electron chi connectivity index (χ4n) is 2.52. The number of carbonyl (C=O) groups is 2. The van der Waals surface area contributed by atoms with E-state index in [-0.39, 0.29) is 17.6 Å². The highest BCUT2D eigenvalue weighted by Crippen LogP contribution is 2.21. The van der Waals surface area contributed by atoms with Gasteiger partial charge in [-0.25, -0.2) is 4.39 Å². The quantitative estimate of drug-likeness (QED) is 0.394. The lowest BCUT2D eigenvalue weighted by molar-refractivity contribution is 0.0787. The Morgan fingerprint density at radius 3 is 2.39 bits per heavy atom. The van der Waals surface area contributed by atoms with Crippen molar-refractivity contribution in [2.24, 2.45) is 0 Å². The van der Waals surface area contributed by atoms with Gasteiger partial charge in [0.15, 0.2) is 6.10 Å². The van der Waals surface area contributed by atoms with Crippen LogP contribution < -0.4 is 10.1 Å². The fourth-order valence-corrected chi connectivity index (χ4v) is 3.34. The van der Waals surface area contributed by atoms with Gasteiger partial charge in [-0.1, -0.05) is 6.07 Å². The first-order valence-electron chi connectivity index (χ1n) is 8.54. The lowest BCUT2D eigenvalue weighted by atomic mass is 10.0. The largest absolute Gasteiger partial charge is 0.482 e. The van der Waals surface area contributed by atoms with Crippen LogP contribution in [-0.4, -0.2) is 23.7 Å². The van der Waals surface area contributed by atoms with Crippen LogP contribution in [0.2, 0.25) is 0 Å². The minimum atomic E-state index is -0.783. The first kappa shape index (κ1) is 20.0. The highest BCUT2D eigenvalue weighted by molar-refractivity contribution is 7.12. The normalized spacial score (nSPS) is 11.6. The zero-order valence-electron chi connectivity index (χ0n) is 14.7. The van der Waals surface area contributed by atoms with Crippen LogP contribution in [0.25, 0.3) is 0 Å². The number of amides is 1. The fraction of sp³-hybridized carbons (Fsp3) is 0.143. The molecule has 0 spiro atoms. The molecule has 0 fully saturated rings. The molecule has 1 amide bonds. The summed E-state index contributed by atoms with van der Waals surface area (Å²) in [5, 5.41) is 4.63. The van der Waals surface area contributed by atoms with Gasteiger partial charge in [0.1, 0.15) is 11.6 Å². The van der Waals surface area contributed by atoms with E-state index < -0.39 is 11.9 Å². The smallest absolute Gasteiger partial charge is 0.265 e. The van der Waals surface area contributed by atoms with Gasteiger partial charge in [0.05, 0.1) is 4.88 Å². The van der Waals surface area contributed by atoms with E-state index in [1.165, 1.54) is 35.6 Å². The molecule has 1 N–H and O–H groups in total. The van der Waals surface area contributed by atoms with Crippen molar-refractivity contribution in [3.63, 3.8) is 0 Å². The summed E-state index contributed by atoms with van der Waals surface area (Å²) in [6, 6.07) is 15.6. The number of Topliss-reactive ketones (excluding diaryl/α,β-unsaturated/α-hetero) is 1. The molecule has 0 bridgehead atoms. The van der Waals surface area contributed by atoms with E-state index in [1.807, 2.05) is 11.4 Å². The third-order valence-electron chi connectivity index (χ3n) is 3.93. The van der Waals surface area contributed by atoms with E-state index in [9.17, 15) is 14.0 Å². The number of benzene rings is 2. The molecule has 0 aliphatic carbocycles. The maximum atomic E-state index is 13.1. The summed E-state index contributed by atoms with van der Waals surface area (Å²) in [5.74, 6) is -0.149. The van der Waals surface area contributed by atoms with Crippen molar-refractivity contribution >= 4 is 40.3 Å². The third-order valence-corrected chi connectivity index (χ3v) is 5.01. The lowest BCUT2D eigenvalue weighted by Crippen LogP contribution is -2.28. The summed E-state index contributed by atoms with van der Waals surface area (Å²) in [7, 11) is 0. The molecule has 0 aliphatic heterocycles. The summed E-state index contributed by atoms with van der Waals surface area (Å²) in [6.45, 7) is 0.